The van der Waals surface area contributed by atoms with Crippen LogP contribution in [0.4, 0.5) is 0 Å². The summed E-state index contributed by atoms with van der Waals surface area (Å²) in [6, 6.07) is 1.78. The van der Waals surface area contributed by atoms with Gasteiger partial charge in [0.25, 0.3) is 0 Å². The lowest BCUT2D eigenvalue weighted by atomic mass is 9.79. The Hall–Kier alpha value is -1.33. The molecule has 0 aromatic carbocycles. The number of esters is 1. The molecule has 0 amide bonds. The minimum absolute atomic E-state index is 0.266. The van der Waals surface area contributed by atoms with E-state index in [9.17, 15) is 9.90 Å². The van der Waals surface area contributed by atoms with Crippen LogP contribution in [-0.2, 0) is 11.3 Å². The number of ether oxygens (including phenoxy) is 1. The number of hydrogen-bond acceptors (Lipinski definition) is 5. The molecule has 2 rings (SSSR count). The zero-order chi connectivity index (χ0) is 14.4. The highest BCUT2D eigenvalue weighted by Crippen LogP contribution is 2.29. The molecular weight excluding hydrogens is 258 g/mol. The van der Waals surface area contributed by atoms with Crippen molar-refractivity contribution in [3.05, 3.63) is 23.7 Å². The van der Waals surface area contributed by atoms with E-state index in [4.69, 9.17) is 4.42 Å². The first-order valence-corrected chi connectivity index (χ1v) is 7.22. The van der Waals surface area contributed by atoms with Crippen molar-refractivity contribution >= 4 is 5.97 Å². The second-order valence-electron chi connectivity index (χ2n) is 5.38. The first kappa shape index (κ1) is 15.1. The molecule has 0 aliphatic heterocycles. The highest BCUT2D eigenvalue weighted by molar-refractivity contribution is 5.87. The Kier molecular flexibility index (Phi) is 5.61. The Labute approximate surface area is 119 Å². The fourth-order valence-electron chi connectivity index (χ4n) is 2.93. The molecule has 2 atom stereocenters. The first-order chi connectivity index (χ1) is 9.76. The summed E-state index contributed by atoms with van der Waals surface area (Å²) in [6.45, 7) is 1.71. The van der Waals surface area contributed by atoms with Crippen molar-refractivity contribution in [3.8, 4) is 0 Å². The quantitative estimate of drug-likeness (QED) is 0.780. The van der Waals surface area contributed by atoms with Crippen LogP contribution >= 0.6 is 0 Å². The molecule has 0 spiro atoms. The molecule has 112 valence electrons. The van der Waals surface area contributed by atoms with E-state index < -0.39 is 5.97 Å². The van der Waals surface area contributed by atoms with Crippen molar-refractivity contribution in [3.63, 3.8) is 0 Å². The monoisotopic (exact) mass is 281 g/mol. The second kappa shape index (κ2) is 7.45. The number of hydrogen-bond donors (Lipinski definition) is 2. The van der Waals surface area contributed by atoms with Crippen molar-refractivity contribution < 1.29 is 19.1 Å². The Morgan fingerprint density at radius 2 is 2.20 bits per heavy atom. The van der Waals surface area contributed by atoms with Gasteiger partial charge in [-0.05, 0) is 37.3 Å². The number of aliphatic hydroxyl groups is 1. The van der Waals surface area contributed by atoms with Crippen molar-refractivity contribution in [2.75, 3.05) is 20.3 Å². The summed E-state index contributed by atoms with van der Waals surface area (Å²) in [4.78, 5) is 11.5. The van der Waals surface area contributed by atoms with Crippen LogP contribution in [0.1, 0.15) is 41.8 Å². The predicted molar refractivity (Wildman–Crippen MR) is 74.3 cm³/mol. The fourth-order valence-corrected chi connectivity index (χ4v) is 2.93. The fraction of sp³-hybridized carbons (Fsp3) is 0.667. The number of carbonyl (C=O) groups excluding carboxylic acids is 1. The standard InChI is InChI=1S/C15H23NO4/c1-19-15(18)14-12(6-7-20-14)9-16-8-11-4-2-3-5-13(11)10-17/h6-7,11,13,16-17H,2-5,8-10H2,1H3. The van der Waals surface area contributed by atoms with Gasteiger partial charge in [0.2, 0.25) is 5.76 Å². The summed E-state index contributed by atoms with van der Waals surface area (Å²) < 4.78 is 9.82. The Morgan fingerprint density at radius 3 is 2.90 bits per heavy atom. The number of methoxy groups -OCH3 is 1. The minimum Gasteiger partial charge on any atom is -0.463 e. The van der Waals surface area contributed by atoms with Crippen LogP contribution in [-0.4, -0.2) is 31.3 Å². The zero-order valence-corrected chi connectivity index (χ0v) is 11.9. The number of nitrogens with one attached hydrogen (secondary N) is 1. The molecule has 1 heterocycles. The van der Waals surface area contributed by atoms with Gasteiger partial charge >= 0.3 is 5.97 Å². The number of rotatable bonds is 6. The minimum atomic E-state index is -0.447. The lowest BCUT2D eigenvalue weighted by Gasteiger charge is -2.30. The molecule has 1 aliphatic carbocycles. The van der Waals surface area contributed by atoms with E-state index in [1.54, 1.807) is 6.07 Å². The highest BCUT2D eigenvalue weighted by atomic mass is 16.5. The van der Waals surface area contributed by atoms with Gasteiger partial charge in [-0.15, -0.1) is 0 Å². The van der Waals surface area contributed by atoms with E-state index in [0.717, 1.165) is 24.9 Å². The summed E-state index contributed by atoms with van der Waals surface area (Å²) in [5.74, 6) is 0.739. The molecule has 2 unspecified atom stereocenters. The molecular formula is C15H23NO4. The Balaban J connectivity index is 1.83. The van der Waals surface area contributed by atoms with Crippen LogP contribution in [0.2, 0.25) is 0 Å². The maximum atomic E-state index is 11.5. The van der Waals surface area contributed by atoms with Gasteiger partial charge in [0.1, 0.15) is 0 Å². The average Bonchev–Trinajstić information content (AvgIpc) is 2.95. The van der Waals surface area contributed by atoms with E-state index in [0.29, 0.717) is 18.4 Å². The molecule has 2 N–H and O–H groups in total. The van der Waals surface area contributed by atoms with Crippen LogP contribution in [0.15, 0.2) is 16.7 Å². The van der Waals surface area contributed by atoms with Gasteiger partial charge in [-0.3, -0.25) is 0 Å². The Bertz CT molecular complexity index is 429. The molecule has 1 aromatic rings. The number of carbonyl (C=O) groups is 1. The van der Waals surface area contributed by atoms with Crippen molar-refractivity contribution in [2.24, 2.45) is 11.8 Å². The van der Waals surface area contributed by atoms with E-state index in [2.05, 4.69) is 10.1 Å². The second-order valence-corrected chi connectivity index (χ2v) is 5.38. The molecule has 1 aliphatic rings. The van der Waals surface area contributed by atoms with E-state index >= 15 is 0 Å². The normalized spacial score (nSPS) is 22.7. The third-order valence-corrected chi connectivity index (χ3v) is 4.14. The van der Waals surface area contributed by atoms with E-state index in [1.807, 2.05) is 0 Å². The van der Waals surface area contributed by atoms with Crippen LogP contribution < -0.4 is 5.32 Å². The molecule has 1 fully saturated rings. The smallest absolute Gasteiger partial charge is 0.374 e. The van der Waals surface area contributed by atoms with Crippen LogP contribution in [0.3, 0.4) is 0 Å². The first-order valence-electron chi connectivity index (χ1n) is 7.22. The zero-order valence-electron chi connectivity index (χ0n) is 11.9. The summed E-state index contributed by atoms with van der Waals surface area (Å²) in [5.41, 5.74) is 0.813. The number of furan rings is 1. The van der Waals surface area contributed by atoms with Gasteiger partial charge in [0, 0.05) is 18.7 Å². The largest absolute Gasteiger partial charge is 0.463 e. The molecule has 5 heteroatoms. The van der Waals surface area contributed by atoms with E-state index in [1.165, 1.54) is 26.2 Å². The average molecular weight is 281 g/mol. The van der Waals surface area contributed by atoms with Crippen LogP contribution in [0.25, 0.3) is 0 Å². The van der Waals surface area contributed by atoms with Gasteiger partial charge < -0.3 is 19.6 Å². The molecule has 5 nitrogen and oxygen atoms in total. The molecule has 1 aromatic heterocycles. The number of aliphatic hydroxyl groups excluding tert-OH is 1. The SMILES string of the molecule is COC(=O)c1occc1CNCC1CCCCC1CO. The molecule has 0 radical (unpaired) electrons. The third kappa shape index (κ3) is 3.61. The van der Waals surface area contributed by atoms with E-state index in [-0.39, 0.29) is 12.4 Å². The van der Waals surface area contributed by atoms with Gasteiger partial charge in [0.15, 0.2) is 0 Å². The lowest BCUT2D eigenvalue weighted by Crippen LogP contribution is -2.32. The lowest BCUT2D eigenvalue weighted by molar-refractivity contribution is 0.0563. The maximum Gasteiger partial charge on any atom is 0.374 e. The van der Waals surface area contributed by atoms with Crippen molar-refractivity contribution in [1.29, 1.82) is 0 Å². The molecule has 0 saturated heterocycles. The van der Waals surface area contributed by atoms with Gasteiger partial charge in [-0.25, -0.2) is 4.79 Å². The van der Waals surface area contributed by atoms with Gasteiger partial charge in [-0.1, -0.05) is 12.8 Å². The highest BCUT2D eigenvalue weighted by Gasteiger charge is 2.24. The predicted octanol–water partition coefficient (Wildman–Crippen LogP) is 1.95. The molecule has 0 bridgehead atoms. The summed E-state index contributed by atoms with van der Waals surface area (Å²) >= 11 is 0. The topological polar surface area (TPSA) is 71.7 Å². The van der Waals surface area contributed by atoms with Crippen molar-refractivity contribution in [2.45, 2.75) is 32.2 Å². The maximum absolute atomic E-state index is 11.5. The van der Waals surface area contributed by atoms with Gasteiger partial charge in [0.05, 0.1) is 13.4 Å². The molecule has 20 heavy (non-hydrogen) atoms. The molecule has 1 saturated carbocycles. The van der Waals surface area contributed by atoms with Crippen LogP contribution in [0.5, 0.6) is 0 Å². The summed E-state index contributed by atoms with van der Waals surface area (Å²) in [7, 11) is 1.34. The van der Waals surface area contributed by atoms with Gasteiger partial charge in [-0.2, -0.15) is 0 Å². The summed E-state index contributed by atoms with van der Waals surface area (Å²) in [5, 5.41) is 12.8. The van der Waals surface area contributed by atoms with Crippen molar-refractivity contribution in [1.82, 2.24) is 5.32 Å². The summed E-state index contributed by atoms with van der Waals surface area (Å²) in [6.07, 6.45) is 6.23. The van der Waals surface area contributed by atoms with Crippen LogP contribution in [0, 0.1) is 11.8 Å². The Morgan fingerprint density at radius 1 is 1.45 bits per heavy atom. The third-order valence-electron chi connectivity index (χ3n) is 4.14.